The van der Waals surface area contributed by atoms with E-state index in [9.17, 15) is 8.42 Å². The van der Waals surface area contributed by atoms with Crippen LogP contribution >= 0.6 is 11.3 Å². The fourth-order valence-electron chi connectivity index (χ4n) is 2.89. The highest BCUT2D eigenvalue weighted by molar-refractivity contribution is 7.92. The van der Waals surface area contributed by atoms with E-state index in [2.05, 4.69) is 35.0 Å². The van der Waals surface area contributed by atoms with Crippen LogP contribution in [0.25, 0.3) is 20.4 Å². The zero-order valence-corrected chi connectivity index (χ0v) is 16.9. The Bertz CT molecular complexity index is 1450. The molecule has 0 aliphatic rings. The number of fused-ring (bicyclic) bond motifs is 3. The smallest absolute Gasteiger partial charge is 0.264 e. The van der Waals surface area contributed by atoms with Crippen molar-refractivity contribution in [1.82, 2.24) is 24.9 Å². The van der Waals surface area contributed by atoms with E-state index in [1.54, 1.807) is 24.4 Å². The number of hydrogen-bond acceptors (Lipinski definition) is 9. The first-order chi connectivity index (χ1) is 14.6. The lowest BCUT2D eigenvalue weighted by Crippen LogP contribution is -2.14. The van der Waals surface area contributed by atoms with Gasteiger partial charge in [-0.1, -0.05) is 0 Å². The number of sulfonamides is 1. The summed E-state index contributed by atoms with van der Waals surface area (Å²) >= 11 is 1.50. The van der Waals surface area contributed by atoms with E-state index in [1.807, 2.05) is 12.1 Å². The summed E-state index contributed by atoms with van der Waals surface area (Å²) in [7, 11) is -3.79. The minimum absolute atomic E-state index is 0.0152. The number of hydrogen-bond donors (Lipinski definition) is 2. The van der Waals surface area contributed by atoms with Crippen LogP contribution < -0.4 is 10.0 Å². The third-order valence-corrected chi connectivity index (χ3v) is 6.70. The lowest BCUT2D eigenvalue weighted by molar-refractivity contribution is 0.601. The third-order valence-electron chi connectivity index (χ3n) is 4.25. The summed E-state index contributed by atoms with van der Waals surface area (Å²) in [5.41, 5.74) is 1.52. The molecule has 0 atom stereocenters. The summed E-state index contributed by atoms with van der Waals surface area (Å²) in [5, 5.41) is 4.20. The van der Waals surface area contributed by atoms with Crippen LogP contribution in [0.4, 0.5) is 17.5 Å². The maximum atomic E-state index is 12.5. The zero-order valence-electron chi connectivity index (χ0n) is 15.2. The molecule has 5 rings (SSSR count). The molecule has 0 fully saturated rings. The first kappa shape index (κ1) is 18.3. The molecule has 11 heteroatoms. The van der Waals surface area contributed by atoms with E-state index >= 15 is 0 Å². The second-order valence-corrected chi connectivity index (χ2v) is 8.87. The lowest BCUT2D eigenvalue weighted by Gasteiger charge is -2.09. The summed E-state index contributed by atoms with van der Waals surface area (Å²) in [5.74, 6) is 0.649. The van der Waals surface area contributed by atoms with Crippen molar-refractivity contribution in [3.8, 4) is 0 Å². The zero-order chi connectivity index (χ0) is 20.6. The molecule has 0 unspecified atom stereocenters. The van der Waals surface area contributed by atoms with Crippen molar-refractivity contribution in [3.05, 3.63) is 67.4 Å². The Hall–Kier alpha value is -3.70. The predicted octanol–water partition coefficient (Wildman–Crippen LogP) is 3.57. The fourth-order valence-corrected chi connectivity index (χ4v) is 4.88. The minimum Gasteiger partial charge on any atom is -0.339 e. The molecular weight excluding hydrogens is 422 g/mol. The van der Waals surface area contributed by atoms with E-state index < -0.39 is 10.0 Å². The van der Waals surface area contributed by atoms with Crippen molar-refractivity contribution in [2.45, 2.75) is 4.90 Å². The van der Waals surface area contributed by atoms with E-state index in [4.69, 9.17) is 0 Å². The molecule has 0 radical (unpaired) electrons. The molecule has 4 aromatic heterocycles. The van der Waals surface area contributed by atoms with Gasteiger partial charge in [0, 0.05) is 29.7 Å². The molecule has 9 nitrogen and oxygen atoms in total. The topological polar surface area (TPSA) is 123 Å². The molecule has 30 heavy (non-hydrogen) atoms. The van der Waals surface area contributed by atoms with Crippen molar-refractivity contribution in [2.24, 2.45) is 0 Å². The number of anilines is 3. The number of nitrogens with zero attached hydrogens (tertiary/aromatic N) is 5. The van der Waals surface area contributed by atoms with Crippen LogP contribution in [0.5, 0.6) is 0 Å². The van der Waals surface area contributed by atoms with Gasteiger partial charge in [-0.15, -0.1) is 11.3 Å². The fraction of sp³-hybridized carbons (Fsp3) is 0. The van der Waals surface area contributed by atoms with Crippen molar-refractivity contribution >= 4 is 59.2 Å². The Balaban J connectivity index is 1.43. The van der Waals surface area contributed by atoms with Gasteiger partial charge in [0.15, 0.2) is 5.82 Å². The molecule has 2 N–H and O–H groups in total. The molecule has 4 heterocycles. The quantitative estimate of drug-likeness (QED) is 0.429. The number of pyridine rings is 1. The average molecular weight is 435 g/mol. The molecule has 0 spiro atoms. The third kappa shape index (κ3) is 3.40. The summed E-state index contributed by atoms with van der Waals surface area (Å²) in [6, 6.07) is 11.8. The Morgan fingerprint density at radius 3 is 2.40 bits per heavy atom. The molecule has 1 aromatic carbocycles. The first-order valence-corrected chi connectivity index (χ1v) is 11.1. The number of benzene rings is 1. The van der Waals surface area contributed by atoms with Gasteiger partial charge in [0.2, 0.25) is 5.95 Å². The summed E-state index contributed by atoms with van der Waals surface area (Å²) in [6.45, 7) is 0. The lowest BCUT2D eigenvalue weighted by atomic mass is 10.3. The van der Waals surface area contributed by atoms with Crippen molar-refractivity contribution < 1.29 is 8.42 Å². The van der Waals surface area contributed by atoms with Gasteiger partial charge in [-0.25, -0.2) is 38.1 Å². The van der Waals surface area contributed by atoms with Gasteiger partial charge in [0.25, 0.3) is 10.0 Å². The van der Waals surface area contributed by atoms with E-state index in [-0.39, 0.29) is 10.8 Å². The van der Waals surface area contributed by atoms with Gasteiger partial charge < -0.3 is 5.32 Å². The van der Waals surface area contributed by atoms with E-state index in [1.165, 1.54) is 42.2 Å². The largest absolute Gasteiger partial charge is 0.339 e. The average Bonchev–Trinajstić information content (AvgIpc) is 3.14. The Kier molecular flexibility index (Phi) is 4.45. The second-order valence-electron chi connectivity index (χ2n) is 6.19. The Morgan fingerprint density at radius 2 is 1.60 bits per heavy atom. The van der Waals surface area contributed by atoms with Crippen molar-refractivity contribution in [3.63, 3.8) is 0 Å². The molecule has 0 saturated carbocycles. The van der Waals surface area contributed by atoms with E-state index in [0.717, 1.165) is 20.4 Å². The minimum atomic E-state index is -3.79. The van der Waals surface area contributed by atoms with Crippen molar-refractivity contribution in [2.75, 3.05) is 10.0 Å². The van der Waals surface area contributed by atoms with Crippen LogP contribution in [-0.2, 0) is 10.0 Å². The van der Waals surface area contributed by atoms with Crippen LogP contribution in [0.2, 0.25) is 0 Å². The Labute approximate surface area is 175 Å². The Morgan fingerprint density at radius 1 is 0.833 bits per heavy atom. The number of aromatic nitrogens is 5. The number of thiophene rings is 1. The van der Waals surface area contributed by atoms with Gasteiger partial charge in [0.1, 0.15) is 11.2 Å². The monoisotopic (exact) mass is 435 g/mol. The summed E-state index contributed by atoms with van der Waals surface area (Å²) in [6.07, 6.45) is 6.16. The molecule has 0 amide bonds. The first-order valence-electron chi connectivity index (χ1n) is 8.75. The highest BCUT2D eigenvalue weighted by Gasteiger charge is 2.16. The second kappa shape index (κ2) is 7.28. The van der Waals surface area contributed by atoms with Crippen LogP contribution in [-0.4, -0.2) is 33.3 Å². The maximum Gasteiger partial charge on any atom is 0.264 e. The van der Waals surface area contributed by atoms with Gasteiger partial charge in [-0.3, -0.25) is 0 Å². The normalized spacial score (nSPS) is 11.6. The van der Waals surface area contributed by atoms with Crippen LogP contribution in [0.1, 0.15) is 0 Å². The highest BCUT2D eigenvalue weighted by Crippen LogP contribution is 2.35. The van der Waals surface area contributed by atoms with E-state index in [0.29, 0.717) is 11.5 Å². The maximum absolute atomic E-state index is 12.5. The number of nitrogens with one attached hydrogen (secondary N) is 2. The van der Waals surface area contributed by atoms with Crippen LogP contribution in [0.3, 0.4) is 0 Å². The molecule has 0 aliphatic carbocycles. The van der Waals surface area contributed by atoms with Crippen molar-refractivity contribution in [1.29, 1.82) is 0 Å². The molecule has 5 aromatic rings. The molecule has 0 saturated heterocycles. The molecular formula is C19H13N7O2S2. The number of rotatable bonds is 5. The van der Waals surface area contributed by atoms with Gasteiger partial charge >= 0.3 is 0 Å². The molecule has 148 valence electrons. The summed E-state index contributed by atoms with van der Waals surface area (Å²) < 4.78 is 28.2. The summed E-state index contributed by atoms with van der Waals surface area (Å²) in [4.78, 5) is 21.8. The van der Waals surface area contributed by atoms with Gasteiger partial charge in [-0.2, -0.15) is 0 Å². The van der Waals surface area contributed by atoms with Gasteiger partial charge in [0.05, 0.1) is 15.1 Å². The standard InChI is InChI=1S/C19H13N7O2S2/c27-30(28,26-19-21-9-2-10-22-19)13-6-4-12(5-7-13)25-17-16-15(23-11-24-17)14-3-1-8-20-18(14)29-16/h1-11H,(H,21,22,26)(H,23,24,25). The highest BCUT2D eigenvalue weighted by atomic mass is 32.2. The molecule has 0 aliphatic heterocycles. The SMILES string of the molecule is O=S(=O)(Nc1ncccn1)c1ccc(Nc2ncnc3c2sc2ncccc23)cc1. The van der Waals surface area contributed by atoms with Gasteiger partial charge in [-0.05, 0) is 42.5 Å². The predicted molar refractivity (Wildman–Crippen MR) is 115 cm³/mol. The van der Waals surface area contributed by atoms with Crippen LogP contribution in [0.15, 0.2) is 72.3 Å². The van der Waals surface area contributed by atoms with Crippen LogP contribution in [0, 0.1) is 0 Å². The molecule has 0 bridgehead atoms.